The summed E-state index contributed by atoms with van der Waals surface area (Å²) in [5.41, 5.74) is 0.684. The Morgan fingerprint density at radius 2 is 2.03 bits per heavy atom. The molecular formula is C21H27BrClN3O5S. The van der Waals surface area contributed by atoms with Crippen LogP contribution in [0.4, 0.5) is 0 Å². The van der Waals surface area contributed by atoms with Gasteiger partial charge in [0.1, 0.15) is 5.75 Å². The fourth-order valence-electron chi connectivity index (χ4n) is 3.74. The summed E-state index contributed by atoms with van der Waals surface area (Å²) in [5.74, 6) is 0.865. The van der Waals surface area contributed by atoms with Crippen molar-refractivity contribution in [1.29, 1.82) is 0 Å². The maximum atomic E-state index is 12.8. The van der Waals surface area contributed by atoms with Gasteiger partial charge in [-0.05, 0) is 56.7 Å². The highest BCUT2D eigenvalue weighted by Gasteiger charge is 2.33. The highest BCUT2D eigenvalue weighted by Crippen LogP contribution is 2.38. The van der Waals surface area contributed by atoms with Crippen LogP contribution in [-0.4, -0.2) is 48.5 Å². The van der Waals surface area contributed by atoms with E-state index in [-0.39, 0.29) is 23.2 Å². The number of hydrogen-bond acceptors (Lipinski definition) is 6. The first kappa shape index (κ1) is 26.5. The van der Waals surface area contributed by atoms with E-state index < -0.39 is 17.2 Å². The van der Waals surface area contributed by atoms with Crippen LogP contribution < -0.4 is 10.1 Å². The minimum atomic E-state index is -0.861. The van der Waals surface area contributed by atoms with E-state index in [0.29, 0.717) is 36.7 Å². The molecule has 1 amide bonds. The number of methoxy groups -OCH3 is 1. The SMILES string of the molecule is CCn1nc(C(=O)NCC2(O)CCC(C)CC2)c(Cl)c1-c1ccc(Br)cc1OC.O=S=O. The summed E-state index contributed by atoms with van der Waals surface area (Å²) in [7, 11) is 1.59. The van der Waals surface area contributed by atoms with E-state index in [9.17, 15) is 9.90 Å². The number of hydrogen-bond donors (Lipinski definition) is 2. The predicted molar refractivity (Wildman–Crippen MR) is 126 cm³/mol. The third-order valence-corrected chi connectivity index (χ3v) is 6.46. The maximum absolute atomic E-state index is 12.8. The molecule has 2 aromatic rings. The summed E-state index contributed by atoms with van der Waals surface area (Å²) in [6.07, 6.45) is 3.30. The van der Waals surface area contributed by atoms with Crippen LogP contribution in [0.5, 0.6) is 5.75 Å². The number of aryl methyl sites for hydroxylation is 1. The van der Waals surface area contributed by atoms with Gasteiger partial charge in [0.2, 0.25) is 0 Å². The Hall–Kier alpha value is -1.75. The number of carbonyl (C=O) groups is 1. The molecule has 2 N–H and O–H groups in total. The molecule has 1 aromatic heterocycles. The first-order valence-corrected chi connectivity index (χ1v) is 12.1. The number of rotatable bonds is 6. The van der Waals surface area contributed by atoms with E-state index in [1.165, 1.54) is 0 Å². The summed E-state index contributed by atoms with van der Waals surface area (Å²) in [4.78, 5) is 12.8. The molecule has 0 aliphatic heterocycles. The van der Waals surface area contributed by atoms with Crippen LogP contribution in [0.15, 0.2) is 22.7 Å². The monoisotopic (exact) mass is 547 g/mol. The van der Waals surface area contributed by atoms with Crippen LogP contribution in [0.3, 0.4) is 0 Å². The van der Waals surface area contributed by atoms with E-state index in [0.717, 1.165) is 22.9 Å². The molecule has 0 bridgehead atoms. The van der Waals surface area contributed by atoms with E-state index in [1.807, 2.05) is 25.1 Å². The second-order valence-electron chi connectivity index (χ2n) is 7.83. The molecule has 8 nitrogen and oxygen atoms in total. The lowest BCUT2D eigenvalue weighted by Crippen LogP contribution is -2.45. The van der Waals surface area contributed by atoms with Crippen LogP contribution in [0, 0.1) is 5.92 Å². The van der Waals surface area contributed by atoms with Crippen molar-refractivity contribution >= 4 is 45.0 Å². The van der Waals surface area contributed by atoms with Crippen molar-refractivity contribution in [3.63, 3.8) is 0 Å². The number of carbonyl (C=O) groups excluding carboxylic acids is 1. The Morgan fingerprint density at radius 3 is 2.59 bits per heavy atom. The summed E-state index contributed by atoms with van der Waals surface area (Å²) >= 11 is 9.29. The number of nitrogens with zero attached hydrogens (tertiary/aromatic N) is 2. The molecule has 0 spiro atoms. The van der Waals surface area contributed by atoms with E-state index in [2.05, 4.69) is 33.3 Å². The van der Waals surface area contributed by atoms with Gasteiger partial charge in [0, 0.05) is 23.1 Å². The van der Waals surface area contributed by atoms with Crippen molar-refractivity contribution in [3.8, 4) is 17.0 Å². The van der Waals surface area contributed by atoms with Gasteiger partial charge in [0.25, 0.3) is 5.91 Å². The normalized spacial score (nSPS) is 20.1. The van der Waals surface area contributed by atoms with Gasteiger partial charge in [-0.15, -0.1) is 0 Å². The van der Waals surface area contributed by atoms with E-state index in [1.54, 1.807) is 11.8 Å². The second kappa shape index (κ2) is 11.9. The van der Waals surface area contributed by atoms with Crippen molar-refractivity contribution in [2.24, 2.45) is 5.92 Å². The number of benzene rings is 1. The zero-order valence-corrected chi connectivity index (χ0v) is 21.3. The average molecular weight is 549 g/mol. The minimum absolute atomic E-state index is 0.154. The van der Waals surface area contributed by atoms with Gasteiger partial charge in [-0.1, -0.05) is 34.5 Å². The first-order valence-electron chi connectivity index (χ1n) is 10.2. The minimum Gasteiger partial charge on any atom is -0.496 e. The van der Waals surface area contributed by atoms with Crippen molar-refractivity contribution < 1.29 is 23.1 Å². The number of amides is 1. The fourth-order valence-corrected chi connectivity index (χ4v) is 4.40. The van der Waals surface area contributed by atoms with Crippen LogP contribution in [0.1, 0.15) is 50.0 Å². The van der Waals surface area contributed by atoms with Crippen molar-refractivity contribution in [1.82, 2.24) is 15.1 Å². The molecule has 176 valence electrons. The van der Waals surface area contributed by atoms with Gasteiger partial charge >= 0.3 is 11.6 Å². The molecule has 1 aliphatic carbocycles. The molecule has 3 rings (SSSR count). The zero-order valence-electron chi connectivity index (χ0n) is 18.2. The molecule has 32 heavy (non-hydrogen) atoms. The molecule has 1 fully saturated rings. The predicted octanol–water partition coefficient (Wildman–Crippen LogP) is 4.00. The molecule has 1 aromatic carbocycles. The molecule has 0 unspecified atom stereocenters. The molecule has 1 heterocycles. The van der Waals surface area contributed by atoms with Crippen LogP contribution in [0.2, 0.25) is 5.02 Å². The number of aliphatic hydroxyl groups is 1. The molecule has 0 atom stereocenters. The highest BCUT2D eigenvalue weighted by molar-refractivity contribution is 9.10. The largest absolute Gasteiger partial charge is 0.496 e. The number of nitrogens with one attached hydrogen (secondary N) is 1. The van der Waals surface area contributed by atoms with Crippen molar-refractivity contribution in [2.45, 2.75) is 51.7 Å². The summed E-state index contributed by atoms with van der Waals surface area (Å²) in [5, 5.41) is 18.3. The van der Waals surface area contributed by atoms with Gasteiger partial charge in [0.05, 0.1) is 23.4 Å². The smallest absolute Gasteiger partial charge is 0.335 e. The molecule has 0 radical (unpaired) electrons. The van der Waals surface area contributed by atoms with Gasteiger partial charge in [0.15, 0.2) is 5.69 Å². The molecule has 1 aliphatic rings. The molecule has 0 saturated heterocycles. The van der Waals surface area contributed by atoms with Gasteiger partial charge in [-0.3, -0.25) is 9.48 Å². The summed E-state index contributed by atoms with van der Waals surface area (Å²) < 4.78 is 24.6. The average Bonchev–Trinajstić information content (AvgIpc) is 3.11. The Balaban J connectivity index is 0.00000114. The third-order valence-electron chi connectivity index (χ3n) is 5.61. The fraction of sp³-hybridized carbons (Fsp3) is 0.524. The van der Waals surface area contributed by atoms with E-state index >= 15 is 0 Å². The third kappa shape index (κ3) is 6.40. The number of halogens is 2. The number of ether oxygens (including phenoxy) is 1. The first-order chi connectivity index (χ1) is 15.2. The second-order valence-corrected chi connectivity index (χ2v) is 9.26. The van der Waals surface area contributed by atoms with Crippen LogP contribution in [-0.2, 0) is 18.1 Å². The summed E-state index contributed by atoms with van der Waals surface area (Å²) in [6.45, 7) is 4.87. The topological polar surface area (TPSA) is 111 Å². The maximum Gasteiger partial charge on any atom is 0.335 e. The lowest BCUT2D eigenvalue weighted by atomic mass is 9.79. The van der Waals surface area contributed by atoms with Gasteiger partial charge in [-0.25, -0.2) is 0 Å². The van der Waals surface area contributed by atoms with Gasteiger partial charge < -0.3 is 15.2 Å². The van der Waals surface area contributed by atoms with Crippen LogP contribution >= 0.6 is 27.5 Å². The Morgan fingerprint density at radius 1 is 1.41 bits per heavy atom. The standard InChI is InChI=1S/C21H27BrClN3O3.O2S/c1-4-26-19(15-6-5-14(22)11-16(15)29-3)17(23)18(25-26)20(27)24-12-21(28)9-7-13(2)8-10-21;1-3-2/h5-6,11,13,28H,4,7-10,12H2,1-3H3,(H,24,27);. The number of aromatic nitrogens is 2. The zero-order chi connectivity index (χ0) is 23.9. The Kier molecular flexibility index (Phi) is 9.87. The summed E-state index contributed by atoms with van der Waals surface area (Å²) in [6, 6.07) is 5.62. The van der Waals surface area contributed by atoms with E-state index in [4.69, 9.17) is 24.8 Å². The quantitative estimate of drug-likeness (QED) is 0.565. The Bertz CT molecular complexity index is 986. The lowest BCUT2D eigenvalue weighted by molar-refractivity contribution is -0.00544. The van der Waals surface area contributed by atoms with Crippen molar-refractivity contribution in [2.75, 3.05) is 13.7 Å². The molecular weight excluding hydrogens is 522 g/mol. The van der Waals surface area contributed by atoms with Crippen LogP contribution in [0.25, 0.3) is 11.3 Å². The highest BCUT2D eigenvalue weighted by atomic mass is 79.9. The van der Waals surface area contributed by atoms with Gasteiger partial charge in [-0.2, -0.15) is 13.5 Å². The lowest BCUT2D eigenvalue weighted by Gasteiger charge is -2.34. The molecule has 1 saturated carbocycles. The Labute approximate surface area is 204 Å². The van der Waals surface area contributed by atoms with Crippen molar-refractivity contribution in [3.05, 3.63) is 33.4 Å². The molecule has 11 heteroatoms.